The van der Waals surface area contributed by atoms with E-state index in [0.717, 1.165) is 62.3 Å². The number of hydrogen-bond donors (Lipinski definition) is 0. The first-order chi connectivity index (χ1) is 26.6. The first-order valence-corrected chi connectivity index (χ1v) is 17.9. The van der Waals surface area contributed by atoms with E-state index < -0.39 is 12.7 Å². The van der Waals surface area contributed by atoms with Crippen molar-refractivity contribution in [3.63, 3.8) is 0 Å². The zero-order chi connectivity index (χ0) is 39.5. The molecule has 0 amide bonds. The molecule has 2 nitrogen and oxygen atoms in total. The smallest absolute Gasteiger partial charge is 0.0311 e. The maximum Gasteiger partial charge on any atom is 0.0311 e. The first kappa shape index (κ1) is 31.6. The summed E-state index contributed by atoms with van der Waals surface area (Å²) in [6.07, 6.45) is -0.00266. The van der Waals surface area contributed by atoms with E-state index >= 15 is 0 Å². The van der Waals surface area contributed by atoms with Crippen molar-refractivity contribution in [2.75, 3.05) is 0 Å². The molecule has 0 saturated carbocycles. The molecule has 0 spiro atoms. The van der Waals surface area contributed by atoms with Gasteiger partial charge in [-0.2, -0.15) is 0 Å². The summed E-state index contributed by atoms with van der Waals surface area (Å²) < 4.78 is 36.5. The van der Waals surface area contributed by atoms with Crippen LogP contribution in [0.2, 0.25) is 0 Å². The summed E-state index contributed by atoms with van der Waals surface area (Å²) in [5, 5.41) is 0. The Morgan fingerprint density at radius 3 is 1.96 bits per heavy atom. The Bertz CT molecular complexity index is 2560. The van der Waals surface area contributed by atoms with E-state index in [1.165, 1.54) is 22.8 Å². The van der Waals surface area contributed by atoms with Gasteiger partial charge in [-0.25, -0.2) is 0 Å². The van der Waals surface area contributed by atoms with Crippen molar-refractivity contribution in [1.29, 1.82) is 0 Å². The minimum Gasteiger partial charge on any atom is -0.305 e. The molecule has 1 aliphatic carbocycles. The predicted octanol–water partition coefficient (Wildman–Crippen LogP) is 12.5. The Balaban J connectivity index is 0.00000496. The molecule has 8 rings (SSSR count). The van der Waals surface area contributed by atoms with Crippen LogP contribution in [0.25, 0.3) is 55.9 Å². The average Bonchev–Trinajstić information content (AvgIpc) is 3.39. The van der Waals surface area contributed by atoms with Gasteiger partial charge in [0.05, 0.1) is 0 Å². The van der Waals surface area contributed by atoms with Gasteiger partial charge >= 0.3 is 0 Å². The van der Waals surface area contributed by atoms with Crippen LogP contribution in [0.3, 0.4) is 0 Å². The summed E-state index contributed by atoms with van der Waals surface area (Å²) in [4.78, 5) is 9.08. The summed E-state index contributed by atoms with van der Waals surface area (Å²) in [5.74, 6) is 0. The fourth-order valence-electron chi connectivity index (χ4n) is 8.00. The van der Waals surface area contributed by atoms with Gasteiger partial charge in [-0.05, 0) is 93.0 Å². The summed E-state index contributed by atoms with van der Waals surface area (Å²) in [6, 6.07) is 48.0. The van der Waals surface area contributed by atoms with Crippen LogP contribution >= 0.6 is 0 Å². The monoisotopic (exact) mass is 869 g/mol. The third-order valence-corrected chi connectivity index (χ3v) is 10.3. The topological polar surface area (TPSA) is 25.8 Å². The van der Waals surface area contributed by atoms with Crippen molar-refractivity contribution < 1.29 is 25.6 Å². The molecule has 53 heavy (non-hydrogen) atoms. The fraction of sp³-hybridized carbons (Fsp3) is 0.200. The van der Waals surface area contributed by atoms with E-state index in [4.69, 9.17) is 7.73 Å². The van der Waals surface area contributed by atoms with Crippen LogP contribution in [0, 0.1) is 19.1 Å². The molecule has 1 radical (unpaired) electrons. The van der Waals surface area contributed by atoms with Crippen molar-refractivity contribution in [3.05, 3.63) is 180 Å². The van der Waals surface area contributed by atoms with E-state index in [1.54, 1.807) is 30.5 Å². The van der Waals surface area contributed by atoms with Gasteiger partial charge in [-0.1, -0.05) is 130 Å². The summed E-state index contributed by atoms with van der Waals surface area (Å²) >= 11 is 0. The second-order valence-corrected chi connectivity index (χ2v) is 15.2. The maximum absolute atomic E-state index is 9.19. The number of benzene rings is 5. The quantitative estimate of drug-likeness (QED) is 0.142. The van der Waals surface area contributed by atoms with Crippen molar-refractivity contribution in [2.24, 2.45) is 0 Å². The van der Waals surface area contributed by atoms with Crippen LogP contribution in [0.4, 0.5) is 0 Å². The molecule has 1 aliphatic rings. The minimum atomic E-state index is -2.35. The largest absolute Gasteiger partial charge is 0.305 e. The molecule has 0 atom stereocenters. The Labute approximate surface area is 334 Å². The van der Waals surface area contributed by atoms with Crippen molar-refractivity contribution >= 4 is 0 Å². The number of rotatable bonds is 8. The number of pyridine rings is 2. The second-order valence-electron chi connectivity index (χ2n) is 15.2. The van der Waals surface area contributed by atoms with Crippen molar-refractivity contribution in [2.45, 2.75) is 64.6 Å². The summed E-state index contributed by atoms with van der Waals surface area (Å²) in [6.45, 7) is 11.3. The normalized spacial score (nSPS) is 15.6. The molecule has 2 aromatic heterocycles. The van der Waals surface area contributed by atoms with Crippen LogP contribution in [0.5, 0.6) is 0 Å². The number of hydrogen-bond acceptors (Lipinski definition) is 2. The van der Waals surface area contributed by atoms with Crippen LogP contribution in [-0.4, -0.2) is 9.97 Å². The Morgan fingerprint density at radius 2 is 1.23 bits per heavy atom. The standard InChI is InChI=1S/C50H44N2.Ir/c1-34-28-36(14-13-35-15-17-38(18-16-35)47-12-8-9-26-51-47)30-42(29-34)44-11-7-6-10-43(44)37-19-21-39(22-20-37)48-32-41(25-27-52-48)40-23-24-45-46(31-40)50(4,5)33-49(45,2)3;/h6-12,15-17,19-21,23-32H,13-14,33H2,1-5H3;/q-2;/i13D2,14D2;. The van der Waals surface area contributed by atoms with Crippen LogP contribution in [-0.2, 0) is 43.7 Å². The maximum atomic E-state index is 9.19. The number of nitrogens with zero attached hydrogens (tertiary/aromatic N) is 2. The van der Waals surface area contributed by atoms with Gasteiger partial charge in [0.2, 0.25) is 0 Å². The molecule has 0 N–H and O–H groups in total. The number of aromatic nitrogens is 2. The van der Waals surface area contributed by atoms with Crippen LogP contribution < -0.4 is 0 Å². The SMILES string of the molecule is [2H]C([2H])(c1c[c-]c(-c2ccccn2)cc1)C([2H])([2H])c1cc(C)cc(-c2ccccc2-c2c[c-]c(-c3cc(-c4ccc5c(c4)C(C)(C)CC5(C)C)ccn3)cc2)c1.[Ir]. The van der Waals surface area contributed by atoms with E-state index in [1.807, 2.05) is 61.7 Å². The Hall–Kier alpha value is -4.95. The van der Waals surface area contributed by atoms with Crippen LogP contribution in [0.1, 0.15) is 67.4 Å². The Kier molecular flexibility index (Phi) is 8.83. The van der Waals surface area contributed by atoms with Gasteiger partial charge in [0, 0.05) is 38.0 Å². The molecule has 3 heteroatoms. The first-order valence-electron chi connectivity index (χ1n) is 19.9. The minimum absolute atomic E-state index is 0. The molecule has 0 fully saturated rings. The van der Waals surface area contributed by atoms with Gasteiger partial charge in [0.15, 0.2) is 0 Å². The molecule has 2 heterocycles. The molecule has 265 valence electrons. The third kappa shape index (κ3) is 7.61. The van der Waals surface area contributed by atoms with E-state index in [2.05, 4.69) is 93.3 Å². The van der Waals surface area contributed by atoms with Gasteiger partial charge in [0.25, 0.3) is 0 Å². The van der Waals surface area contributed by atoms with Gasteiger partial charge in [-0.3, -0.25) is 0 Å². The average molecular weight is 869 g/mol. The molecule has 7 aromatic rings. The fourth-order valence-corrected chi connectivity index (χ4v) is 8.00. The summed E-state index contributed by atoms with van der Waals surface area (Å²) in [5.41, 5.74) is 13.6. The molecular formula is C50H44IrN2-2. The van der Waals surface area contributed by atoms with Gasteiger partial charge < -0.3 is 9.97 Å². The zero-order valence-corrected chi connectivity index (χ0v) is 33.1. The van der Waals surface area contributed by atoms with Gasteiger partial charge in [0.1, 0.15) is 0 Å². The molecule has 0 saturated heterocycles. The van der Waals surface area contributed by atoms with E-state index in [0.29, 0.717) is 0 Å². The van der Waals surface area contributed by atoms with Crippen molar-refractivity contribution in [3.8, 4) is 55.9 Å². The number of fused-ring (bicyclic) bond motifs is 1. The van der Waals surface area contributed by atoms with Crippen molar-refractivity contribution in [1.82, 2.24) is 9.97 Å². The zero-order valence-electron chi connectivity index (χ0n) is 34.7. The number of aryl methyl sites for hydroxylation is 3. The second kappa shape index (κ2) is 14.8. The van der Waals surface area contributed by atoms with Crippen LogP contribution in [0.15, 0.2) is 140 Å². The summed E-state index contributed by atoms with van der Waals surface area (Å²) in [7, 11) is 0. The molecule has 5 aromatic carbocycles. The molecule has 0 bridgehead atoms. The predicted molar refractivity (Wildman–Crippen MR) is 216 cm³/mol. The molecular weight excluding hydrogens is 821 g/mol. The third-order valence-electron chi connectivity index (χ3n) is 10.3. The van der Waals surface area contributed by atoms with E-state index in [-0.39, 0.29) is 42.1 Å². The van der Waals surface area contributed by atoms with E-state index in [9.17, 15) is 2.74 Å². The molecule has 0 aliphatic heterocycles. The Morgan fingerprint density at radius 1 is 0.566 bits per heavy atom. The molecule has 0 unspecified atom stereocenters. The van der Waals surface area contributed by atoms with Gasteiger partial charge in [-0.15, -0.1) is 65.2 Å².